The van der Waals surface area contributed by atoms with E-state index in [1.807, 2.05) is 77.1 Å². The molecule has 0 radical (unpaired) electrons. The summed E-state index contributed by atoms with van der Waals surface area (Å²) in [6, 6.07) is 13.8. The summed E-state index contributed by atoms with van der Waals surface area (Å²) in [5, 5.41) is 0. The molecule has 0 aliphatic carbocycles. The lowest BCUT2D eigenvalue weighted by molar-refractivity contribution is -0.161. The number of hydrogen-bond donors (Lipinski definition) is 0. The summed E-state index contributed by atoms with van der Waals surface area (Å²) >= 11 is 3.49. The van der Waals surface area contributed by atoms with Gasteiger partial charge in [0.1, 0.15) is 11.4 Å². The molecule has 0 spiro atoms. The summed E-state index contributed by atoms with van der Waals surface area (Å²) in [4.78, 5) is 25.6. The van der Waals surface area contributed by atoms with Gasteiger partial charge in [-0.15, -0.1) is 0 Å². The Hall–Kier alpha value is -1.94. The predicted octanol–water partition coefficient (Wildman–Crippen LogP) is 5.77. The van der Waals surface area contributed by atoms with Crippen molar-refractivity contribution in [2.75, 3.05) is 0 Å². The van der Waals surface area contributed by atoms with E-state index in [2.05, 4.69) is 15.9 Å². The maximum absolute atomic E-state index is 12.9. The smallest absolute Gasteiger partial charge is 0.310 e. The Morgan fingerprint density at radius 3 is 2.14 bits per heavy atom. The number of carbonyl (C=O) groups is 2. The van der Waals surface area contributed by atoms with E-state index < -0.39 is 11.5 Å². The van der Waals surface area contributed by atoms with Crippen molar-refractivity contribution in [2.24, 2.45) is 5.92 Å². The molecule has 0 saturated heterocycles. The van der Waals surface area contributed by atoms with Gasteiger partial charge in [0.2, 0.25) is 0 Å². The number of aryl methyl sites for hydroxylation is 2. The highest BCUT2D eigenvalue weighted by molar-refractivity contribution is 9.10. The Bertz CT molecular complexity index is 812. The van der Waals surface area contributed by atoms with Crippen LogP contribution in [0.2, 0.25) is 0 Å². The highest BCUT2D eigenvalue weighted by Gasteiger charge is 2.28. The van der Waals surface area contributed by atoms with Crippen molar-refractivity contribution < 1.29 is 14.3 Å². The van der Waals surface area contributed by atoms with Crippen LogP contribution in [0.4, 0.5) is 0 Å². The van der Waals surface area contributed by atoms with Crippen LogP contribution in [0.3, 0.4) is 0 Å². The van der Waals surface area contributed by atoms with Crippen LogP contribution in [-0.4, -0.2) is 17.4 Å². The van der Waals surface area contributed by atoms with Crippen molar-refractivity contribution in [3.8, 4) is 0 Å². The second-order valence-corrected chi connectivity index (χ2v) is 9.27. The quantitative estimate of drug-likeness (QED) is 0.509. The Kier molecular flexibility index (Phi) is 7.59. The average Bonchev–Trinajstić information content (AvgIpc) is 2.57. The topological polar surface area (TPSA) is 43.4 Å². The van der Waals surface area contributed by atoms with Crippen LogP contribution in [0, 0.1) is 19.8 Å². The van der Waals surface area contributed by atoms with Crippen LogP contribution in [0.5, 0.6) is 0 Å². The summed E-state index contributed by atoms with van der Waals surface area (Å²) in [6.45, 7) is 9.56. The fourth-order valence-electron chi connectivity index (χ4n) is 3.29. The zero-order valence-electron chi connectivity index (χ0n) is 17.3. The zero-order chi connectivity index (χ0) is 20.9. The lowest BCUT2D eigenvalue weighted by Gasteiger charge is -2.24. The number of esters is 1. The molecule has 2 aromatic rings. The molecule has 0 aromatic heterocycles. The van der Waals surface area contributed by atoms with Gasteiger partial charge in [-0.1, -0.05) is 46.3 Å². The SMILES string of the molecule is Cc1cc(Br)cc(C)c1CC(=O)C[C@@H](Cc1ccccc1)C(=O)OC(C)(C)C. The standard InChI is InChI=1S/C24H29BrO3/c1-16-11-20(25)12-17(2)22(16)15-21(26)14-19(23(27)28-24(3,4)5)13-18-9-7-6-8-10-18/h6-12,19H,13-15H2,1-5H3/t19-/m1/s1. The molecule has 0 bridgehead atoms. The summed E-state index contributed by atoms with van der Waals surface area (Å²) in [5.74, 6) is -0.737. The van der Waals surface area contributed by atoms with E-state index in [9.17, 15) is 9.59 Å². The number of ether oxygens (including phenoxy) is 1. The van der Waals surface area contributed by atoms with Crippen molar-refractivity contribution >= 4 is 27.7 Å². The van der Waals surface area contributed by atoms with Gasteiger partial charge in [0.25, 0.3) is 0 Å². The molecule has 0 fully saturated rings. The number of rotatable bonds is 7. The molecular weight excluding hydrogens is 416 g/mol. The molecule has 1 atom stereocenters. The highest BCUT2D eigenvalue weighted by atomic mass is 79.9. The van der Waals surface area contributed by atoms with Gasteiger partial charge >= 0.3 is 5.97 Å². The van der Waals surface area contributed by atoms with E-state index in [1.54, 1.807) is 0 Å². The third-order valence-corrected chi connectivity index (χ3v) is 5.03. The molecule has 0 saturated carbocycles. The van der Waals surface area contributed by atoms with E-state index in [-0.39, 0.29) is 18.2 Å². The first kappa shape index (κ1) is 22.4. The normalized spacial score (nSPS) is 12.5. The highest BCUT2D eigenvalue weighted by Crippen LogP contribution is 2.24. The van der Waals surface area contributed by atoms with Crippen LogP contribution in [0.25, 0.3) is 0 Å². The summed E-state index contributed by atoms with van der Waals surface area (Å²) in [6.07, 6.45) is 1.01. The van der Waals surface area contributed by atoms with E-state index in [0.717, 1.165) is 26.7 Å². The van der Waals surface area contributed by atoms with Gasteiger partial charge < -0.3 is 4.74 Å². The molecule has 0 heterocycles. The lowest BCUT2D eigenvalue weighted by atomic mass is 9.90. The number of Topliss-reactive ketones (excluding diaryl/α,β-unsaturated/α-hetero) is 1. The number of hydrogen-bond acceptors (Lipinski definition) is 3. The second-order valence-electron chi connectivity index (χ2n) is 8.36. The Morgan fingerprint density at radius 1 is 1.04 bits per heavy atom. The molecule has 150 valence electrons. The van der Waals surface area contributed by atoms with Gasteiger partial charge in [0.05, 0.1) is 5.92 Å². The summed E-state index contributed by atoms with van der Waals surface area (Å²) in [5.41, 5.74) is 3.65. The van der Waals surface area contributed by atoms with E-state index in [4.69, 9.17) is 4.74 Å². The molecule has 28 heavy (non-hydrogen) atoms. The van der Waals surface area contributed by atoms with Gasteiger partial charge in [-0.25, -0.2) is 0 Å². The van der Waals surface area contributed by atoms with Gasteiger partial charge in [0, 0.05) is 17.3 Å². The minimum absolute atomic E-state index is 0.0558. The van der Waals surface area contributed by atoms with Crippen molar-refractivity contribution in [1.82, 2.24) is 0 Å². The molecule has 2 rings (SSSR count). The van der Waals surface area contributed by atoms with Crippen LogP contribution >= 0.6 is 15.9 Å². The first-order valence-electron chi connectivity index (χ1n) is 9.59. The number of benzene rings is 2. The third kappa shape index (κ3) is 6.90. The lowest BCUT2D eigenvalue weighted by Crippen LogP contribution is -2.31. The molecular formula is C24H29BrO3. The van der Waals surface area contributed by atoms with Crippen LogP contribution in [0.15, 0.2) is 46.9 Å². The minimum Gasteiger partial charge on any atom is -0.460 e. The molecule has 0 aliphatic heterocycles. The van der Waals surface area contributed by atoms with Gasteiger partial charge in [-0.3, -0.25) is 9.59 Å². The van der Waals surface area contributed by atoms with Crippen LogP contribution < -0.4 is 0 Å². The van der Waals surface area contributed by atoms with Crippen molar-refractivity contribution in [2.45, 2.75) is 59.5 Å². The molecule has 0 aliphatic rings. The third-order valence-electron chi connectivity index (χ3n) is 4.57. The number of ketones is 1. The molecule has 0 amide bonds. The first-order valence-corrected chi connectivity index (χ1v) is 10.4. The second kappa shape index (κ2) is 9.51. The van der Waals surface area contributed by atoms with Crippen molar-refractivity contribution in [1.29, 1.82) is 0 Å². The predicted molar refractivity (Wildman–Crippen MR) is 116 cm³/mol. The maximum atomic E-state index is 12.9. The van der Waals surface area contributed by atoms with Gasteiger partial charge in [-0.2, -0.15) is 0 Å². The molecule has 0 N–H and O–H groups in total. The Balaban J connectivity index is 2.17. The van der Waals surface area contributed by atoms with Crippen molar-refractivity contribution in [3.63, 3.8) is 0 Å². The fourth-order valence-corrected chi connectivity index (χ4v) is 3.97. The summed E-state index contributed by atoms with van der Waals surface area (Å²) in [7, 11) is 0. The largest absolute Gasteiger partial charge is 0.460 e. The monoisotopic (exact) mass is 444 g/mol. The number of halogens is 1. The fraction of sp³-hybridized carbons (Fsp3) is 0.417. The van der Waals surface area contributed by atoms with E-state index >= 15 is 0 Å². The number of carbonyl (C=O) groups excluding carboxylic acids is 2. The molecule has 3 nitrogen and oxygen atoms in total. The average molecular weight is 445 g/mol. The Labute approximate surface area is 176 Å². The zero-order valence-corrected chi connectivity index (χ0v) is 18.9. The van der Waals surface area contributed by atoms with Crippen LogP contribution in [-0.2, 0) is 27.2 Å². The molecule has 2 aromatic carbocycles. The van der Waals surface area contributed by atoms with Crippen molar-refractivity contribution in [3.05, 3.63) is 69.2 Å². The minimum atomic E-state index is -0.575. The van der Waals surface area contributed by atoms with Gasteiger partial charge in [0.15, 0.2) is 0 Å². The van der Waals surface area contributed by atoms with E-state index in [0.29, 0.717) is 12.8 Å². The van der Waals surface area contributed by atoms with Crippen LogP contribution in [0.1, 0.15) is 49.4 Å². The Morgan fingerprint density at radius 2 is 1.61 bits per heavy atom. The van der Waals surface area contributed by atoms with Gasteiger partial charge in [-0.05, 0) is 75.4 Å². The summed E-state index contributed by atoms with van der Waals surface area (Å²) < 4.78 is 6.60. The molecule has 0 unspecified atom stereocenters. The maximum Gasteiger partial charge on any atom is 0.310 e. The van der Waals surface area contributed by atoms with E-state index in [1.165, 1.54) is 0 Å². The first-order chi connectivity index (χ1) is 13.0. The molecule has 4 heteroatoms.